The van der Waals surface area contributed by atoms with E-state index in [-0.39, 0.29) is 5.75 Å². The van der Waals surface area contributed by atoms with Crippen LogP contribution in [-0.2, 0) is 6.42 Å². The summed E-state index contributed by atoms with van der Waals surface area (Å²) in [6.45, 7) is 4.09. The van der Waals surface area contributed by atoms with Crippen molar-refractivity contribution in [2.24, 2.45) is 0 Å². The maximum absolute atomic E-state index is 9.60. The van der Waals surface area contributed by atoms with Crippen LogP contribution in [0.5, 0.6) is 5.75 Å². The summed E-state index contributed by atoms with van der Waals surface area (Å²) in [4.78, 5) is 4.40. The zero-order valence-corrected chi connectivity index (χ0v) is 8.41. The number of aromatic nitrogens is 1. The van der Waals surface area contributed by atoms with Crippen molar-refractivity contribution in [3.63, 3.8) is 0 Å². The number of hydrogen-bond acceptors (Lipinski definition) is 2. The number of nitrogens with zero attached hydrogens (tertiary/aromatic N) is 1. The molecule has 1 N–H and O–H groups in total. The predicted molar refractivity (Wildman–Crippen MR) is 57.5 cm³/mol. The fraction of sp³-hybridized carbons (Fsp3) is 0.250. The molecule has 0 aliphatic carbocycles. The van der Waals surface area contributed by atoms with E-state index in [0.717, 1.165) is 17.5 Å². The van der Waals surface area contributed by atoms with Gasteiger partial charge in [-0.05, 0) is 31.0 Å². The fourth-order valence-electron chi connectivity index (χ4n) is 1.68. The van der Waals surface area contributed by atoms with Crippen molar-refractivity contribution in [2.75, 3.05) is 0 Å². The number of fused-ring (bicyclic) bond motifs is 1. The Hall–Kier alpha value is -1.57. The Kier molecular flexibility index (Phi) is 2.12. The number of hydrogen-bond donors (Lipinski definition) is 1. The van der Waals surface area contributed by atoms with Crippen LogP contribution >= 0.6 is 0 Å². The molecule has 1 heterocycles. The number of phenols is 1. The van der Waals surface area contributed by atoms with Crippen molar-refractivity contribution in [3.8, 4) is 5.75 Å². The molecule has 0 radical (unpaired) electrons. The number of aryl methyl sites for hydroxylation is 2. The maximum Gasteiger partial charge on any atom is 0.141 e. The van der Waals surface area contributed by atoms with Crippen molar-refractivity contribution in [2.45, 2.75) is 20.3 Å². The Morgan fingerprint density at radius 3 is 2.86 bits per heavy atom. The van der Waals surface area contributed by atoms with Gasteiger partial charge in [-0.15, -0.1) is 0 Å². The molecule has 0 atom stereocenters. The first kappa shape index (κ1) is 9.00. The molecule has 2 nitrogen and oxygen atoms in total. The molecule has 1 aromatic heterocycles. The summed E-state index contributed by atoms with van der Waals surface area (Å²) in [7, 11) is 0. The minimum atomic E-state index is 0.258. The topological polar surface area (TPSA) is 33.1 Å². The molecule has 2 rings (SSSR count). The van der Waals surface area contributed by atoms with Crippen molar-refractivity contribution in [3.05, 3.63) is 35.5 Å². The molecule has 0 fully saturated rings. The summed E-state index contributed by atoms with van der Waals surface area (Å²) < 4.78 is 0. The van der Waals surface area contributed by atoms with Gasteiger partial charge in [0.2, 0.25) is 0 Å². The first-order valence-electron chi connectivity index (χ1n) is 4.80. The lowest BCUT2D eigenvalue weighted by Crippen LogP contribution is -1.91. The molecule has 14 heavy (non-hydrogen) atoms. The third-order valence-corrected chi connectivity index (χ3v) is 2.50. The second kappa shape index (κ2) is 3.29. The minimum absolute atomic E-state index is 0.258. The van der Waals surface area contributed by atoms with Gasteiger partial charge in [-0.2, -0.15) is 0 Å². The highest BCUT2D eigenvalue weighted by Crippen LogP contribution is 2.24. The highest BCUT2D eigenvalue weighted by molar-refractivity contribution is 5.84. The van der Waals surface area contributed by atoms with Gasteiger partial charge >= 0.3 is 0 Å². The quantitative estimate of drug-likeness (QED) is 0.744. The number of rotatable bonds is 1. The predicted octanol–water partition coefficient (Wildman–Crippen LogP) is 2.81. The lowest BCUT2D eigenvalue weighted by atomic mass is 10.1. The van der Waals surface area contributed by atoms with Gasteiger partial charge in [0.05, 0.1) is 0 Å². The molecule has 2 aromatic rings. The Balaban J connectivity index is 2.79. The number of aromatic hydroxyl groups is 1. The van der Waals surface area contributed by atoms with Gasteiger partial charge in [0.15, 0.2) is 0 Å². The van der Waals surface area contributed by atoms with Crippen LogP contribution in [0, 0.1) is 6.92 Å². The third kappa shape index (κ3) is 1.33. The number of phenolic OH excluding ortho intramolecular Hbond substituents is 1. The van der Waals surface area contributed by atoms with E-state index in [1.807, 2.05) is 19.1 Å². The van der Waals surface area contributed by atoms with Crippen LogP contribution < -0.4 is 0 Å². The molecule has 72 valence electrons. The molecule has 0 saturated heterocycles. The van der Waals surface area contributed by atoms with E-state index in [0.29, 0.717) is 5.52 Å². The van der Waals surface area contributed by atoms with Crippen molar-refractivity contribution >= 4 is 10.9 Å². The largest absolute Gasteiger partial charge is 0.506 e. The van der Waals surface area contributed by atoms with Crippen LogP contribution in [0.2, 0.25) is 0 Å². The van der Waals surface area contributed by atoms with Crippen LogP contribution in [0.3, 0.4) is 0 Å². The van der Waals surface area contributed by atoms with Crippen molar-refractivity contribution in [1.82, 2.24) is 4.98 Å². The van der Waals surface area contributed by atoms with Gasteiger partial charge < -0.3 is 5.11 Å². The average molecular weight is 187 g/mol. The summed E-state index contributed by atoms with van der Waals surface area (Å²) in [6, 6.07) is 7.58. The van der Waals surface area contributed by atoms with E-state index in [2.05, 4.69) is 18.0 Å². The molecule has 0 saturated carbocycles. The molecule has 0 bridgehead atoms. The highest BCUT2D eigenvalue weighted by atomic mass is 16.3. The summed E-state index contributed by atoms with van der Waals surface area (Å²) in [6.07, 6.45) is 0.977. The van der Waals surface area contributed by atoms with Crippen molar-refractivity contribution < 1.29 is 5.11 Å². The summed E-state index contributed by atoms with van der Waals surface area (Å²) >= 11 is 0. The molecule has 0 unspecified atom stereocenters. The van der Waals surface area contributed by atoms with Gasteiger partial charge in [0.25, 0.3) is 0 Å². The van der Waals surface area contributed by atoms with Gasteiger partial charge in [-0.3, -0.25) is 0 Å². The molecular formula is C12H13NO. The lowest BCUT2D eigenvalue weighted by Gasteiger charge is -2.05. The molecule has 0 aliphatic heterocycles. The standard InChI is InChI=1S/C12H13NO/c1-3-9-7-10-5-4-6-11(14)12(10)13-8(9)2/h4-7,14H,3H2,1-2H3. The van der Waals surface area contributed by atoms with Crippen LogP contribution in [0.15, 0.2) is 24.3 Å². The van der Waals surface area contributed by atoms with E-state index in [1.165, 1.54) is 5.56 Å². The summed E-state index contributed by atoms with van der Waals surface area (Å²) in [5.41, 5.74) is 2.94. The first-order valence-corrected chi connectivity index (χ1v) is 4.80. The Morgan fingerprint density at radius 2 is 2.14 bits per heavy atom. The Bertz CT molecular complexity index is 477. The van der Waals surface area contributed by atoms with E-state index in [1.54, 1.807) is 6.07 Å². The smallest absolute Gasteiger partial charge is 0.141 e. The van der Waals surface area contributed by atoms with E-state index >= 15 is 0 Å². The second-order valence-corrected chi connectivity index (χ2v) is 3.44. The third-order valence-electron chi connectivity index (χ3n) is 2.50. The van der Waals surface area contributed by atoms with Gasteiger partial charge in [-0.1, -0.05) is 19.1 Å². The Labute approximate surface area is 83.2 Å². The molecule has 2 heteroatoms. The zero-order valence-electron chi connectivity index (χ0n) is 8.41. The van der Waals surface area contributed by atoms with Crippen LogP contribution in [0.25, 0.3) is 10.9 Å². The van der Waals surface area contributed by atoms with Crippen LogP contribution in [-0.4, -0.2) is 10.1 Å². The molecular weight excluding hydrogens is 174 g/mol. The first-order chi connectivity index (χ1) is 6.72. The normalized spacial score (nSPS) is 10.7. The van der Waals surface area contributed by atoms with Crippen LogP contribution in [0.1, 0.15) is 18.2 Å². The monoisotopic (exact) mass is 187 g/mol. The zero-order chi connectivity index (χ0) is 10.1. The molecule has 1 aromatic carbocycles. The molecule has 0 aliphatic rings. The van der Waals surface area contributed by atoms with Gasteiger partial charge in [0, 0.05) is 11.1 Å². The second-order valence-electron chi connectivity index (χ2n) is 3.44. The fourth-order valence-corrected chi connectivity index (χ4v) is 1.68. The SMILES string of the molecule is CCc1cc2cccc(O)c2nc1C. The van der Waals surface area contributed by atoms with E-state index in [9.17, 15) is 5.11 Å². The Morgan fingerprint density at radius 1 is 1.36 bits per heavy atom. The number of para-hydroxylation sites is 1. The highest BCUT2D eigenvalue weighted by Gasteiger charge is 2.04. The number of benzene rings is 1. The van der Waals surface area contributed by atoms with Crippen LogP contribution in [0.4, 0.5) is 0 Å². The van der Waals surface area contributed by atoms with Gasteiger partial charge in [0.1, 0.15) is 11.3 Å². The minimum Gasteiger partial charge on any atom is -0.506 e. The summed E-state index contributed by atoms with van der Waals surface area (Å²) in [5, 5.41) is 10.6. The molecule has 0 amide bonds. The average Bonchev–Trinajstić information content (AvgIpc) is 2.19. The molecule has 0 spiro atoms. The van der Waals surface area contributed by atoms with E-state index in [4.69, 9.17) is 0 Å². The van der Waals surface area contributed by atoms with Gasteiger partial charge in [-0.25, -0.2) is 4.98 Å². The van der Waals surface area contributed by atoms with E-state index < -0.39 is 0 Å². The maximum atomic E-state index is 9.60. The van der Waals surface area contributed by atoms with Crippen molar-refractivity contribution in [1.29, 1.82) is 0 Å². The number of pyridine rings is 1. The lowest BCUT2D eigenvalue weighted by molar-refractivity contribution is 0.480. The summed E-state index contributed by atoms with van der Waals surface area (Å²) in [5.74, 6) is 0.258.